The van der Waals surface area contributed by atoms with Gasteiger partial charge in [0.15, 0.2) is 9.84 Å². The number of esters is 1. The summed E-state index contributed by atoms with van der Waals surface area (Å²) >= 11 is 0. The lowest BCUT2D eigenvalue weighted by molar-refractivity contribution is -0.250. The number of aliphatic carboxylic acids is 1. The number of nitrogens with zero attached hydrogens (tertiary/aromatic N) is 1. The number of carboxylic acid groups (broad SMARTS) is 1. The minimum absolute atomic E-state index is 0.0583. The van der Waals surface area contributed by atoms with Crippen molar-refractivity contribution in [2.75, 3.05) is 37.5 Å². The highest BCUT2D eigenvalue weighted by Gasteiger charge is 2.72. The molecular weight excluding hydrogens is 816 g/mol. The highest BCUT2D eigenvalue weighted by Crippen LogP contribution is 2.78. The Hall–Kier alpha value is -1.08. The van der Waals surface area contributed by atoms with E-state index in [2.05, 4.69) is 51.8 Å². The normalized spacial score (nSPS) is 45.4. The lowest BCUT2D eigenvalue weighted by atomic mass is 9.32. The van der Waals surface area contributed by atoms with Crippen molar-refractivity contribution in [1.82, 2.24) is 10.2 Å². The number of carbonyl (C=O) groups excluding carboxylic acids is 1. The topological polar surface area (TPSA) is 180 Å². The number of fused-ring (bicyclic) bond motifs is 7. The highest BCUT2D eigenvalue weighted by molar-refractivity contribution is 7.91. The number of hydrogen-bond donors (Lipinski definition) is 4. The van der Waals surface area contributed by atoms with Gasteiger partial charge in [0.05, 0.1) is 29.4 Å². The van der Waals surface area contributed by atoms with Gasteiger partial charge in [-0.1, -0.05) is 55.4 Å². The molecule has 0 spiro atoms. The molecule has 8 fully saturated rings. The van der Waals surface area contributed by atoms with E-state index in [0.717, 1.165) is 44.9 Å². The van der Waals surface area contributed by atoms with E-state index in [-0.39, 0.29) is 62.7 Å². The van der Waals surface area contributed by atoms with Gasteiger partial charge >= 0.3 is 19.5 Å². The molecule has 7 aliphatic carbocycles. The van der Waals surface area contributed by atoms with Gasteiger partial charge in [-0.25, -0.2) is 8.42 Å². The quantitative estimate of drug-likeness (QED) is 0.112. The summed E-state index contributed by atoms with van der Waals surface area (Å²) in [7, 11) is -7.50. The zero-order valence-electron chi connectivity index (χ0n) is 38.7. The van der Waals surface area contributed by atoms with Crippen molar-refractivity contribution >= 4 is 29.4 Å². The maximum atomic E-state index is 13.7. The molecule has 0 aromatic carbocycles. The van der Waals surface area contributed by atoms with Crippen molar-refractivity contribution in [1.29, 1.82) is 0 Å². The zero-order chi connectivity index (χ0) is 44.6. The van der Waals surface area contributed by atoms with E-state index in [1.807, 2.05) is 20.8 Å². The second-order valence-electron chi connectivity index (χ2n) is 24.2. The summed E-state index contributed by atoms with van der Waals surface area (Å²) in [4.78, 5) is 47.1. The fraction of sp³-hybridized carbons (Fsp3) is 0.957. The van der Waals surface area contributed by atoms with Crippen molar-refractivity contribution in [3.8, 4) is 0 Å². The van der Waals surface area contributed by atoms with E-state index in [1.54, 1.807) is 0 Å². The third-order valence-electron chi connectivity index (χ3n) is 21.0. The lowest BCUT2D eigenvalue weighted by Gasteiger charge is -2.73. The van der Waals surface area contributed by atoms with Crippen LogP contribution < -0.4 is 5.32 Å². The maximum Gasteiger partial charge on any atom is 0.350 e. The molecule has 8 aliphatic rings. The SMILES string of the molecule is C[C@@H](OCP(=O)(O)O)[C@@H](CN[C@]12CC[C@@H](C3(C)CC3)[C@@H]1[C@H]1CC[C@@H]3[C@@]4(C)CC[C@H](OC(=O)[C@H]5C[C@@H](C(=O)O)C5(C)C)C(C)(C)[C@@H]4CC[C@@]3(C)[C@]1(C)CC2)N1CCS(=O)(=O)CC1. The van der Waals surface area contributed by atoms with Crippen molar-refractivity contribution in [2.24, 2.45) is 73.9 Å². The average Bonchev–Trinajstić information content (AvgIpc) is 3.78. The molecule has 4 N–H and O–H groups in total. The first kappa shape index (κ1) is 46.4. The fourth-order valence-corrected chi connectivity index (χ4v) is 18.3. The van der Waals surface area contributed by atoms with Crippen LogP contribution in [-0.2, 0) is 33.5 Å². The Kier molecular flexibility index (Phi) is 11.6. The zero-order valence-corrected chi connectivity index (χ0v) is 40.4. The number of rotatable bonds is 12. The lowest BCUT2D eigenvalue weighted by Crippen LogP contribution is -2.69. The molecule has 348 valence electrons. The van der Waals surface area contributed by atoms with E-state index < -0.39 is 47.2 Å². The molecule has 12 nitrogen and oxygen atoms in total. The molecule has 7 saturated carbocycles. The maximum absolute atomic E-state index is 13.7. The summed E-state index contributed by atoms with van der Waals surface area (Å²) < 4.78 is 49.2. The second kappa shape index (κ2) is 15.2. The number of carbonyl (C=O) groups is 2. The van der Waals surface area contributed by atoms with Crippen LogP contribution in [0.25, 0.3) is 0 Å². The molecule has 0 amide bonds. The van der Waals surface area contributed by atoms with Crippen LogP contribution in [0.5, 0.6) is 0 Å². The molecule has 0 unspecified atom stereocenters. The van der Waals surface area contributed by atoms with Crippen LogP contribution in [0.4, 0.5) is 0 Å². The largest absolute Gasteiger partial charge is 0.481 e. The first-order valence-corrected chi connectivity index (χ1v) is 27.6. The minimum atomic E-state index is -4.38. The number of hydrogen-bond acceptors (Lipinski definition) is 9. The summed E-state index contributed by atoms with van der Waals surface area (Å²) in [6, 6.07) is -0.218. The van der Waals surface area contributed by atoms with Gasteiger partial charge in [-0.05, 0) is 147 Å². The Morgan fingerprint density at radius 1 is 0.787 bits per heavy atom. The third kappa shape index (κ3) is 7.56. The number of sulfone groups is 1. The molecule has 1 heterocycles. The number of ether oxygens (including phenoxy) is 2. The van der Waals surface area contributed by atoms with Gasteiger partial charge in [0.2, 0.25) is 0 Å². The fourth-order valence-electron chi connectivity index (χ4n) is 16.7. The van der Waals surface area contributed by atoms with Crippen LogP contribution in [0.2, 0.25) is 0 Å². The Balaban J connectivity index is 1.03. The van der Waals surface area contributed by atoms with Crippen LogP contribution in [0.1, 0.15) is 146 Å². The summed E-state index contributed by atoms with van der Waals surface area (Å²) in [6.45, 7) is 22.1. The molecule has 0 aromatic rings. The standard InChI is InChI=1S/C47H79N2O10PS/c1-29(58-28-60(53,54)55)34(49-22-24-61(56,57)25-23-49)27-48-47-17-12-30(43(6)18-19-43)38(47)31-10-11-36-44(7)15-14-37(59-40(52)33-26-32(39(50)51)41(33,2)3)42(4,5)35(44)13-16-46(36,9)45(31,8)20-21-47/h29-38,48H,10-28H2,1-9H3,(H,50,51)(H2,53,54,55)/t29-,30-,31-,32+,33-,34-,35+,36-,37+,38-,44+,45-,46-,47+/m1/s1. The molecular formula is C47H79N2O10PS. The summed E-state index contributed by atoms with van der Waals surface area (Å²) in [5.74, 6) is 0.900. The average molecular weight is 895 g/mol. The molecule has 14 atom stereocenters. The van der Waals surface area contributed by atoms with Crippen LogP contribution in [0, 0.1) is 73.9 Å². The molecule has 14 heteroatoms. The van der Waals surface area contributed by atoms with Gasteiger partial charge in [-0.3, -0.25) is 19.1 Å². The van der Waals surface area contributed by atoms with Crippen LogP contribution in [-0.4, -0.2) is 101 Å². The molecule has 1 aliphatic heterocycles. The molecule has 8 rings (SSSR count). The van der Waals surface area contributed by atoms with Crippen LogP contribution in [0.3, 0.4) is 0 Å². The van der Waals surface area contributed by atoms with E-state index in [9.17, 15) is 37.5 Å². The van der Waals surface area contributed by atoms with E-state index in [1.165, 1.54) is 32.1 Å². The van der Waals surface area contributed by atoms with Crippen molar-refractivity contribution in [2.45, 2.75) is 170 Å². The van der Waals surface area contributed by atoms with Crippen molar-refractivity contribution in [3.63, 3.8) is 0 Å². The molecule has 0 radical (unpaired) electrons. The van der Waals surface area contributed by atoms with E-state index >= 15 is 0 Å². The Morgan fingerprint density at radius 2 is 1.46 bits per heavy atom. The van der Waals surface area contributed by atoms with Gasteiger partial charge in [-0.2, -0.15) is 0 Å². The van der Waals surface area contributed by atoms with Crippen molar-refractivity contribution in [3.05, 3.63) is 0 Å². The summed E-state index contributed by atoms with van der Waals surface area (Å²) in [5.41, 5.74) is -0.0991. The highest BCUT2D eigenvalue weighted by atomic mass is 32.2. The number of nitrogens with one attached hydrogen (secondary N) is 1. The minimum Gasteiger partial charge on any atom is -0.481 e. The van der Waals surface area contributed by atoms with Crippen LogP contribution in [0.15, 0.2) is 0 Å². The monoisotopic (exact) mass is 895 g/mol. The smallest absolute Gasteiger partial charge is 0.350 e. The molecule has 1 saturated heterocycles. The van der Waals surface area contributed by atoms with Gasteiger partial charge < -0.3 is 29.7 Å². The Morgan fingerprint density at radius 3 is 2.07 bits per heavy atom. The van der Waals surface area contributed by atoms with Gasteiger partial charge in [-0.15, -0.1) is 0 Å². The number of carboxylic acids is 1. The summed E-state index contributed by atoms with van der Waals surface area (Å²) in [6.07, 6.45) is 12.7. The first-order chi connectivity index (χ1) is 28.1. The third-order valence-corrected chi connectivity index (χ3v) is 23.1. The van der Waals surface area contributed by atoms with Crippen LogP contribution >= 0.6 is 7.60 Å². The van der Waals surface area contributed by atoms with Gasteiger partial charge in [0.1, 0.15) is 12.5 Å². The predicted octanol–water partition coefficient (Wildman–Crippen LogP) is 7.51. The van der Waals surface area contributed by atoms with Crippen molar-refractivity contribution < 1.29 is 46.9 Å². The van der Waals surface area contributed by atoms with Gasteiger partial charge in [0, 0.05) is 36.6 Å². The Labute approximate surface area is 366 Å². The first-order valence-electron chi connectivity index (χ1n) is 23.9. The second-order valence-corrected chi connectivity index (χ2v) is 28.1. The molecule has 0 bridgehead atoms. The summed E-state index contributed by atoms with van der Waals surface area (Å²) in [5, 5.41) is 13.9. The van der Waals surface area contributed by atoms with Gasteiger partial charge in [0.25, 0.3) is 0 Å². The molecule has 0 aromatic heterocycles. The van der Waals surface area contributed by atoms with E-state index in [0.29, 0.717) is 61.1 Å². The Bertz CT molecular complexity index is 1890. The predicted molar refractivity (Wildman–Crippen MR) is 234 cm³/mol. The van der Waals surface area contributed by atoms with E-state index in [4.69, 9.17) is 9.47 Å². The molecule has 61 heavy (non-hydrogen) atoms.